The maximum absolute atomic E-state index is 12.4. The van der Waals surface area contributed by atoms with Gasteiger partial charge in [0.15, 0.2) is 0 Å². The van der Waals surface area contributed by atoms with Crippen molar-refractivity contribution in [3.8, 4) is 0 Å². The highest BCUT2D eigenvalue weighted by atomic mass is 16.1. The van der Waals surface area contributed by atoms with E-state index in [4.69, 9.17) is 4.98 Å². The van der Waals surface area contributed by atoms with E-state index in [9.17, 15) is 4.79 Å². The van der Waals surface area contributed by atoms with Crippen molar-refractivity contribution in [3.63, 3.8) is 0 Å². The zero-order valence-corrected chi connectivity index (χ0v) is 15.5. The van der Waals surface area contributed by atoms with Gasteiger partial charge in [-0.25, -0.2) is 4.98 Å². The van der Waals surface area contributed by atoms with Gasteiger partial charge in [0.25, 0.3) is 0 Å². The van der Waals surface area contributed by atoms with Crippen molar-refractivity contribution < 1.29 is 4.79 Å². The maximum atomic E-state index is 12.4. The van der Waals surface area contributed by atoms with Crippen LogP contribution in [0.2, 0.25) is 0 Å². The molecule has 1 atom stereocenters. The lowest BCUT2D eigenvalue weighted by Crippen LogP contribution is -2.43. The predicted molar refractivity (Wildman–Crippen MR) is 101 cm³/mol. The molecular formula is C20H30N4O. The molecule has 0 radical (unpaired) electrons. The van der Waals surface area contributed by atoms with Gasteiger partial charge in [-0.1, -0.05) is 25.5 Å². The molecular weight excluding hydrogens is 312 g/mol. The van der Waals surface area contributed by atoms with Crippen LogP contribution >= 0.6 is 0 Å². The number of benzene rings is 1. The molecule has 136 valence electrons. The number of aromatic nitrogens is 2. The Morgan fingerprint density at radius 1 is 1.32 bits per heavy atom. The lowest BCUT2D eigenvalue weighted by Gasteiger charge is -2.31. The van der Waals surface area contributed by atoms with Crippen LogP contribution in [-0.2, 0) is 17.9 Å². The molecule has 1 aromatic carbocycles. The first-order valence-electron chi connectivity index (χ1n) is 9.67. The molecule has 0 unspecified atom stereocenters. The van der Waals surface area contributed by atoms with Crippen LogP contribution in [0.1, 0.15) is 45.4 Å². The second-order valence-corrected chi connectivity index (χ2v) is 6.98. The normalized spacial score (nSPS) is 18.6. The lowest BCUT2D eigenvalue weighted by molar-refractivity contribution is -0.126. The highest BCUT2D eigenvalue weighted by Crippen LogP contribution is 2.21. The summed E-state index contributed by atoms with van der Waals surface area (Å²) in [6.07, 6.45) is 4.25. The molecule has 25 heavy (non-hydrogen) atoms. The molecule has 5 nitrogen and oxygen atoms in total. The summed E-state index contributed by atoms with van der Waals surface area (Å²) in [5, 5.41) is 3.10. The van der Waals surface area contributed by atoms with E-state index in [0.29, 0.717) is 0 Å². The van der Waals surface area contributed by atoms with Crippen LogP contribution in [0.15, 0.2) is 24.3 Å². The Morgan fingerprint density at radius 3 is 2.96 bits per heavy atom. The number of rotatable bonds is 7. The summed E-state index contributed by atoms with van der Waals surface area (Å²) in [4.78, 5) is 19.6. The fourth-order valence-corrected chi connectivity index (χ4v) is 3.74. The largest absolute Gasteiger partial charge is 0.356 e. The Balaban J connectivity index is 1.65. The van der Waals surface area contributed by atoms with Crippen LogP contribution in [-0.4, -0.2) is 40.0 Å². The number of fused-ring (bicyclic) bond motifs is 1. The number of imidazole rings is 1. The van der Waals surface area contributed by atoms with Gasteiger partial charge >= 0.3 is 0 Å². The van der Waals surface area contributed by atoms with Crippen LogP contribution < -0.4 is 5.32 Å². The number of amides is 1. The monoisotopic (exact) mass is 342 g/mol. The van der Waals surface area contributed by atoms with Gasteiger partial charge in [-0.3, -0.25) is 9.69 Å². The van der Waals surface area contributed by atoms with Crippen LogP contribution in [0.4, 0.5) is 0 Å². The molecule has 1 aromatic heterocycles. The zero-order valence-electron chi connectivity index (χ0n) is 15.5. The van der Waals surface area contributed by atoms with Gasteiger partial charge in [0.05, 0.1) is 23.5 Å². The summed E-state index contributed by atoms with van der Waals surface area (Å²) in [7, 11) is 0. The number of hydrogen-bond donors (Lipinski definition) is 1. The quantitative estimate of drug-likeness (QED) is 0.786. The number of carbonyl (C=O) groups is 1. The molecule has 1 aliphatic rings. The van der Waals surface area contributed by atoms with Crippen LogP contribution in [0.25, 0.3) is 11.0 Å². The maximum Gasteiger partial charge on any atom is 0.224 e. The minimum absolute atomic E-state index is 0.116. The smallest absolute Gasteiger partial charge is 0.224 e. The van der Waals surface area contributed by atoms with Crippen molar-refractivity contribution in [2.45, 2.75) is 52.6 Å². The number of unbranched alkanes of at least 4 members (excludes halogenated alkanes) is 1. The number of piperidine rings is 1. The third-order valence-electron chi connectivity index (χ3n) is 5.12. The Morgan fingerprint density at radius 2 is 2.16 bits per heavy atom. The van der Waals surface area contributed by atoms with E-state index in [1.54, 1.807) is 0 Å². The van der Waals surface area contributed by atoms with Crippen LogP contribution in [0.5, 0.6) is 0 Å². The molecule has 3 rings (SSSR count). The third kappa shape index (κ3) is 4.21. The first kappa shape index (κ1) is 17.9. The molecule has 1 aliphatic heterocycles. The van der Waals surface area contributed by atoms with Crippen molar-refractivity contribution in [1.82, 2.24) is 19.8 Å². The number of likely N-dealkylation sites (tertiary alicyclic amines) is 1. The molecule has 1 amide bonds. The summed E-state index contributed by atoms with van der Waals surface area (Å²) < 4.78 is 2.29. The van der Waals surface area contributed by atoms with Gasteiger partial charge in [-0.05, 0) is 44.9 Å². The third-order valence-corrected chi connectivity index (χ3v) is 5.12. The average Bonchev–Trinajstić information content (AvgIpc) is 2.99. The molecule has 1 saturated heterocycles. The Labute approximate surface area is 150 Å². The summed E-state index contributed by atoms with van der Waals surface area (Å²) in [5.41, 5.74) is 2.26. The van der Waals surface area contributed by atoms with Gasteiger partial charge in [-0.15, -0.1) is 0 Å². The van der Waals surface area contributed by atoms with E-state index < -0.39 is 0 Å². The van der Waals surface area contributed by atoms with Crippen molar-refractivity contribution in [1.29, 1.82) is 0 Å². The second kappa shape index (κ2) is 8.48. The fourth-order valence-electron chi connectivity index (χ4n) is 3.74. The molecule has 0 saturated carbocycles. The highest BCUT2D eigenvalue weighted by molar-refractivity contribution is 5.79. The predicted octanol–water partition coefficient (Wildman–Crippen LogP) is 3.18. The second-order valence-electron chi connectivity index (χ2n) is 6.98. The van der Waals surface area contributed by atoms with Gasteiger partial charge in [0.1, 0.15) is 5.82 Å². The summed E-state index contributed by atoms with van der Waals surface area (Å²) in [5.74, 6) is 1.45. The fraction of sp³-hybridized carbons (Fsp3) is 0.600. The van der Waals surface area contributed by atoms with Crippen molar-refractivity contribution in [3.05, 3.63) is 30.1 Å². The lowest BCUT2D eigenvalue weighted by atomic mass is 9.97. The molecule has 2 aromatic rings. The Hall–Kier alpha value is -1.88. The first-order valence-corrected chi connectivity index (χ1v) is 9.67. The van der Waals surface area contributed by atoms with Crippen LogP contribution in [0, 0.1) is 5.92 Å². The standard InChI is InChI=1S/C20H30N4O/c1-3-5-12-21-20(25)16-9-8-13-23(14-16)15-19-22-17-10-6-7-11-18(17)24(19)4-2/h6-7,10-11,16H,3-5,8-9,12-15H2,1-2H3,(H,21,25)/t16-/m0/s1. The number of para-hydroxylation sites is 2. The van der Waals surface area contributed by atoms with E-state index in [0.717, 1.165) is 69.7 Å². The highest BCUT2D eigenvalue weighted by Gasteiger charge is 2.26. The molecule has 0 bridgehead atoms. The summed E-state index contributed by atoms with van der Waals surface area (Å²) in [6.45, 7) is 8.74. The average molecular weight is 342 g/mol. The summed E-state index contributed by atoms with van der Waals surface area (Å²) in [6, 6.07) is 8.31. The first-order chi connectivity index (χ1) is 12.2. The summed E-state index contributed by atoms with van der Waals surface area (Å²) >= 11 is 0. The topological polar surface area (TPSA) is 50.2 Å². The van der Waals surface area contributed by atoms with Gasteiger partial charge in [-0.2, -0.15) is 0 Å². The molecule has 5 heteroatoms. The van der Waals surface area contributed by atoms with Crippen molar-refractivity contribution >= 4 is 16.9 Å². The molecule has 1 N–H and O–H groups in total. The number of carbonyl (C=O) groups excluding carboxylic acids is 1. The molecule has 2 heterocycles. The van der Waals surface area contributed by atoms with Crippen molar-refractivity contribution in [2.75, 3.05) is 19.6 Å². The zero-order chi connectivity index (χ0) is 17.6. The number of nitrogens with zero attached hydrogens (tertiary/aromatic N) is 3. The SMILES string of the molecule is CCCCNC(=O)[C@H]1CCCN(Cc2nc3ccccc3n2CC)C1. The van der Waals surface area contributed by atoms with E-state index >= 15 is 0 Å². The Kier molecular flexibility index (Phi) is 6.08. The van der Waals surface area contributed by atoms with Gasteiger partial charge < -0.3 is 9.88 Å². The number of aryl methyl sites for hydroxylation is 1. The van der Waals surface area contributed by atoms with Crippen LogP contribution in [0.3, 0.4) is 0 Å². The Bertz CT molecular complexity index is 709. The van der Waals surface area contributed by atoms with E-state index in [-0.39, 0.29) is 11.8 Å². The van der Waals surface area contributed by atoms with E-state index in [2.05, 4.69) is 46.8 Å². The molecule has 1 fully saturated rings. The molecule has 0 spiro atoms. The minimum Gasteiger partial charge on any atom is -0.356 e. The molecule has 0 aliphatic carbocycles. The number of nitrogens with one attached hydrogen (secondary N) is 1. The van der Waals surface area contributed by atoms with E-state index in [1.165, 1.54) is 5.52 Å². The van der Waals surface area contributed by atoms with E-state index in [1.807, 2.05) is 6.07 Å². The van der Waals surface area contributed by atoms with Crippen molar-refractivity contribution in [2.24, 2.45) is 5.92 Å². The minimum atomic E-state index is 0.116. The van der Waals surface area contributed by atoms with Gasteiger partial charge in [0, 0.05) is 19.6 Å². The van der Waals surface area contributed by atoms with Gasteiger partial charge in [0.2, 0.25) is 5.91 Å². The number of hydrogen-bond acceptors (Lipinski definition) is 3.